The summed E-state index contributed by atoms with van der Waals surface area (Å²) in [4.78, 5) is 13.1. The molecule has 0 unspecified atom stereocenters. The van der Waals surface area contributed by atoms with E-state index in [4.69, 9.17) is 4.74 Å². The number of rotatable bonds is 6. The van der Waals surface area contributed by atoms with Crippen molar-refractivity contribution < 1.29 is 9.53 Å². The largest absolute Gasteiger partial charge is 0.379 e. The van der Waals surface area contributed by atoms with E-state index in [9.17, 15) is 4.79 Å². The fourth-order valence-electron chi connectivity index (χ4n) is 1.19. The molecule has 4 heteroatoms. The van der Waals surface area contributed by atoms with Crippen LogP contribution in [0.1, 0.15) is 26.7 Å². The van der Waals surface area contributed by atoms with E-state index in [0.29, 0.717) is 13.2 Å². The summed E-state index contributed by atoms with van der Waals surface area (Å²) in [7, 11) is 1.79. The van der Waals surface area contributed by atoms with Gasteiger partial charge in [0.1, 0.15) is 0 Å². The summed E-state index contributed by atoms with van der Waals surface area (Å²) in [5, 5.41) is 2.84. The predicted molar refractivity (Wildman–Crippen MR) is 59.8 cm³/mol. The van der Waals surface area contributed by atoms with E-state index in [-0.39, 0.29) is 12.1 Å². The molecular formula is C11H22N2O2. The number of hydrogen-bond donors (Lipinski definition) is 1. The van der Waals surface area contributed by atoms with Gasteiger partial charge in [-0.15, -0.1) is 0 Å². The van der Waals surface area contributed by atoms with Crippen molar-refractivity contribution in [3.63, 3.8) is 0 Å². The van der Waals surface area contributed by atoms with Gasteiger partial charge in [0.15, 0.2) is 0 Å². The second-order valence-corrected chi connectivity index (χ2v) is 4.54. The van der Waals surface area contributed by atoms with Crippen molar-refractivity contribution in [2.45, 2.75) is 32.7 Å². The first-order valence-corrected chi connectivity index (χ1v) is 5.69. The predicted octanol–water partition coefficient (Wildman–Crippen LogP) is 1.46. The van der Waals surface area contributed by atoms with Gasteiger partial charge in [0.2, 0.25) is 0 Å². The number of nitrogens with one attached hydrogen (secondary N) is 1. The highest BCUT2D eigenvalue weighted by molar-refractivity contribution is 5.74. The molecule has 2 amide bonds. The van der Waals surface area contributed by atoms with Crippen molar-refractivity contribution in [1.29, 1.82) is 0 Å². The molecule has 1 fully saturated rings. The number of hydrogen-bond acceptors (Lipinski definition) is 2. The quantitative estimate of drug-likeness (QED) is 0.680. The van der Waals surface area contributed by atoms with Crippen LogP contribution < -0.4 is 5.32 Å². The average Bonchev–Trinajstić information content (AvgIpc) is 2.94. The third kappa shape index (κ3) is 5.62. The van der Waals surface area contributed by atoms with Gasteiger partial charge < -0.3 is 15.0 Å². The third-order valence-corrected chi connectivity index (χ3v) is 2.38. The van der Waals surface area contributed by atoms with Crippen LogP contribution in [0.15, 0.2) is 0 Å². The minimum atomic E-state index is -0.0278. The van der Waals surface area contributed by atoms with E-state index in [1.54, 1.807) is 11.9 Å². The Morgan fingerprint density at radius 1 is 1.53 bits per heavy atom. The van der Waals surface area contributed by atoms with E-state index < -0.39 is 0 Å². The summed E-state index contributed by atoms with van der Waals surface area (Å²) >= 11 is 0. The van der Waals surface area contributed by atoms with Crippen LogP contribution in [0, 0.1) is 5.92 Å². The lowest BCUT2D eigenvalue weighted by molar-refractivity contribution is 0.107. The van der Waals surface area contributed by atoms with E-state index in [1.165, 1.54) is 12.8 Å². The molecule has 15 heavy (non-hydrogen) atoms. The average molecular weight is 214 g/mol. The SMILES string of the molecule is CC(C)NC(=O)N(C)CCOCC1CC1. The highest BCUT2D eigenvalue weighted by Gasteiger charge is 2.21. The van der Waals surface area contributed by atoms with Gasteiger partial charge in [-0.2, -0.15) is 0 Å². The van der Waals surface area contributed by atoms with Crippen LogP contribution in [0.5, 0.6) is 0 Å². The van der Waals surface area contributed by atoms with Crippen LogP contribution in [0.2, 0.25) is 0 Å². The zero-order valence-corrected chi connectivity index (χ0v) is 9.95. The van der Waals surface area contributed by atoms with Crippen molar-refractivity contribution in [2.24, 2.45) is 5.92 Å². The van der Waals surface area contributed by atoms with Gasteiger partial charge in [0.25, 0.3) is 0 Å². The van der Waals surface area contributed by atoms with Crippen molar-refractivity contribution in [3.8, 4) is 0 Å². The Balaban J connectivity index is 2.00. The fourth-order valence-corrected chi connectivity index (χ4v) is 1.19. The molecule has 1 saturated carbocycles. The molecule has 1 aliphatic rings. The molecule has 0 aromatic carbocycles. The fraction of sp³-hybridized carbons (Fsp3) is 0.909. The van der Waals surface area contributed by atoms with Crippen LogP contribution in [-0.2, 0) is 4.74 Å². The minimum absolute atomic E-state index is 0.0278. The van der Waals surface area contributed by atoms with E-state index in [1.807, 2.05) is 13.8 Å². The highest BCUT2D eigenvalue weighted by atomic mass is 16.5. The first-order chi connectivity index (χ1) is 7.09. The number of urea groups is 1. The molecule has 0 aliphatic heterocycles. The maximum Gasteiger partial charge on any atom is 0.317 e. The lowest BCUT2D eigenvalue weighted by Crippen LogP contribution is -2.42. The van der Waals surface area contributed by atoms with Crippen LogP contribution in [-0.4, -0.2) is 43.8 Å². The Bertz CT molecular complexity index is 203. The van der Waals surface area contributed by atoms with Crippen molar-refractivity contribution >= 4 is 6.03 Å². The lowest BCUT2D eigenvalue weighted by atomic mass is 10.4. The maximum atomic E-state index is 11.5. The first-order valence-electron chi connectivity index (χ1n) is 5.69. The topological polar surface area (TPSA) is 41.6 Å². The van der Waals surface area contributed by atoms with Crippen LogP contribution in [0.25, 0.3) is 0 Å². The summed E-state index contributed by atoms with van der Waals surface area (Å²) in [5.74, 6) is 0.791. The molecule has 0 atom stereocenters. The van der Waals surface area contributed by atoms with Gasteiger partial charge in [-0.05, 0) is 32.6 Å². The highest BCUT2D eigenvalue weighted by Crippen LogP contribution is 2.28. The molecular weight excluding hydrogens is 192 g/mol. The summed E-state index contributed by atoms with van der Waals surface area (Å²) in [6.07, 6.45) is 2.62. The van der Waals surface area contributed by atoms with Gasteiger partial charge in [-0.25, -0.2) is 4.79 Å². The van der Waals surface area contributed by atoms with Crippen LogP contribution in [0.3, 0.4) is 0 Å². The Morgan fingerprint density at radius 3 is 2.73 bits per heavy atom. The Kier molecular flexibility index (Phi) is 4.88. The normalized spacial score (nSPS) is 15.5. The van der Waals surface area contributed by atoms with Gasteiger partial charge >= 0.3 is 6.03 Å². The maximum absolute atomic E-state index is 11.5. The van der Waals surface area contributed by atoms with Gasteiger partial charge in [0.05, 0.1) is 6.61 Å². The van der Waals surface area contributed by atoms with Crippen LogP contribution >= 0.6 is 0 Å². The Morgan fingerprint density at radius 2 is 2.20 bits per heavy atom. The van der Waals surface area contributed by atoms with Crippen molar-refractivity contribution in [1.82, 2.24) is 10.2 Å². The Hall–Kier alpha value is -0.770. The lowest BCUT2D eigenvalue weighted by Gasteiger charge is -2.19. The number of nitrogens with zero attached hydrogens (tertiary/aromatic N) is 1. The van der Waals surface area contributed by atoms with Gasteiger partial charge in [-0.3, -0.25) is 0 Å². The molecule has 0 heterocycles. The standard InChI is InChI=1S/C11H22N2O2/c1-9(2)12-11(14)13(3)6-7-15-8-10-4-5-10/h9-10H,4-8H2,1-3H3,(H,12,14). The molecule has 1 rings (SSSR count). The number of carbonyl (C=O) groups excluding carboxylic acids is 1. The summed E-state index contributed by atoms with van der Waals surface area (Å²) in [5.41, 5.74) is 0. The molecule has 1 N–H and O–H groups in total. The number of amides is 2. The summed E-state index contributed by atoms with van der Waals surface area (Å²) < 4.78 is 5.46. The second-order valence-electron chi connectivity index (χ2n) is 4.54. The zero-order chi connectivity index (χ0) is 11.3. The molecule has 0 aromatic rings. The van der Waals surface area contributed by atoms with Gasteiger partial charge in [0, 0.05) is 26.2 Å². The molecule has 0 aromatic heterocycles. The smallest absolute Gasteiger partial charge is 0.317 e. The molecule has 0 radical (unpaired) electrons. The number of ether oxygens (including phenoxy) is 1. The second kappa shape index (κ2) is 5.95. The van der Waals surface area contributed by atoms with E-state index in [2.05, 4.69) is 5.32 Å². The summed E-state index contributed by atoms with van der Waals surface area (Å²) in [6, 6.07) is 0.160. The van der Waals surface area contributed by atoms with E-state index in [0.717, 1.165) is 12.5 Å². The number of carbonyl (C=O) groups is 1. The van der Waals surface area contributed by atoms with Crippen LogP contribution in [0.4, 0.5) is 4.79 Å². The number of likely N-dealkylation sites (N-methyl/N-ethyl adjacent to an activating group) is 1. The van der Waals surface area contributed by atoms with E-state index >= 15 is 0 Å². The van der Waals surface area contributed by atoms with Crippen molar-refractivity contribution in [2.75, 3.05) is 26.8 Å². The summed E-state index contributed by atoms with van der Waals surface area (Å²) in [6.45, 7) is 6.06. The molecule has 0 saturated heterocycles. The molecule has 4 nitrogen and oxygen atoms in total. The molecule has 88 valence electrons. The third-order valence-electron chi connectivity index (χ3n) is 2.38. The Labute approximate surface area is 92.0 Å². The first kappa shape index (κ1) is 12.3. The van der Waals surface area contributed by atoms with Crippen molar-refractivity contribution in [3.05, 3.63) is 0 Å². The molecule has 0 bridgehead atoms. The molecule has 1 aliphatic carbocycles. The zero-order valence-electron chi connectivity index (χ0n) is 9.95. The molecule has 0 spiro atoms. The monoisotopic (exact) mass is 214 g/mol. The van der Waals surface area contributed by atoms with Gasteiger partial charge in [-0.1, -0.05) is 0 Å². The minimum Gasteiger partial charge on any atom is -0.379 e.